The lowest BCUT2D eigenvalue weighted by Crippen LogP contribution is -2.41. The van der Waals surface area contributed by atoms with Gasteiger partial charge in [0.25, 0.3) is 0 Å². The zero-order valence-corrected chi connectivity index (χ0v) is 13.5. The Balaban J connectivity index is 2.33. The van der Waals surface area contributed by atoms with E-state index >= 15 is 0 Å². The standard InChI is InChI=1S/C17H19NO2Si/c1-21(2,3)20-17(12-18-19)15-10-6-4-8-13(15)14-9-5-7-11-16(14)17/h4-12,19H,1-3H3. The largest absolute Gasteiger partial charge is 0.411 e. The lowest BCUT2D eigenvalue weighted by Gasteiger charge is -2.34. The van der Waals surface area contributed by atoms with Crippen LogP contribution >= 0.6 is 0 Å². The fourth-order valence-electron chi connectivity index (χ4n) is 3.07. The summed E-state index contributed by atoms with van der Waals surface area (Å²) in [5.74, 6) is 0. The maximum Gasteiger partial charge on any atom is 0.185 e. The van der Waals surface area contributed by atoms with Gasteiger partial charge in [-0.2, -0.15) is 0 Å². The van der Waals surface area contributed by atoms with Gasteiger partial charge in [0.1, 0.15) is 5.60 Å². The summed E-state index contributed by atoms with van der Waals surface area (Å²) in [5.41, 5.74) is 3.60. The summed E-state index contributed by atoms with van der Waals surface area (Å²) >= 11 is 0. The summed E-state index contributed by atoms with van der Waals surface area (Å²) in [6.07, 6.45) is 1.52. The van der Waals surface area contributed by atoms with Crippen molar-refractivity contribution in [1.29, 1.82) is 0 Å². The summed E-state index contributed by atoms with van der Waals surface area (Å²) in [6, 6.07) is 16.3. The van der Waals surface area contributed by atoms with Gasteiger partial charge >= 0.3 is 0 Å². The molecular formula is C17H19NO2Si. The van der Waals surface area contributed by atoms with Gasteiger partial charge in [-0.1, -0.05) is 53.7 Å². The minimum Gasteiger partial charge on any atom is -0.411 e. The molecule has 0 radical (unpaired) electrons. The maximum atomic E-state index is 9.24. The monoisotopic (exact) mass is 297 g/mol. The first-order chi connectivity index (χ1) is 9.98. The Bertz CT molecular complexity index is 658. The number of hydrogen-bond acceptors (Lipinski definition) is 3. The van der Waals surface area contributed by atoms with Crippen LogP contribution in [0.5, 0.6) is 0 Å². The molecule has 0 atom stereocenters. The first-order valence-corrected chi connectivity index (χ1v) is 10.5. The molecule has 0 amide bonds. The van der Waals surface area contributed by atoms with Crippen LogP contribution in [0.2, 0.25) is 19.6 Å². The number of nitrogens with zero attached hydrogens (tertiary/aromatic N) is 1. The molecule has 0 fully saturated rings. The fourth-order valence-corrected chi connectivity index (χ4v) is 4.31. The molecule has 0 unspecified atom stereocenters. The number of benzene rings is 2. The van der Waals surface area contributed by atoms with Gasteiger partial charge in [0.15, 0.2) is 8.32 Å². The third-order valence-corrected chi connectivity index (χ3v) is 4.59. The number of oxime groups is 1. The second-order valence-corrected chi connectivity index (χ2v) is 10.7. The molecule has 0 aliphatic heterocycles. The molecule has 0 heterocycles. The van der Waals surface area contributed by atoms with E-state index in [1.807, 2.05) is 24.3 Å². The van der Waals surface area contributed by atoms with Crippen molar-refractivity contribution in [2.24, 2.45) is 5.16 Å². The first-order valence-electron chi connectivity index (χ1n) is 7.06. The topological polar surface area (TPSA) is 41.8 Å². The van der Waals surface area contributed by atoms with Crippen molar-refractivity contribution >= 4 is 14.5 Å². The Labute approximate surface area is 126 Å². The molecule has 1 N–H and O–H groups in total. The molecule has 1 aliphatic carbocycles. The molecule has 3 nitrogen and oxygen atoms in total. The van der Waals surface area contributed by atoms with Gasteiger partial charge in [0.2, 0.25) is 0 Å². The van der Waals surface area contributed by atoms with Crippen molar-refractivity contribution in [2.45, 2.75) is 25.2 Å². The van der Waals surface area contributed by atoms with Crippen LogP contribution in [0.1, 0.15) is 11.1 Å². The second-order valence-electron chi connectivity index (χ2n) is 6.29. The highest BCUT2D eigenvalue weighted by Crippen LogP contribution is 2.49. The predicted octanol–water partition coefficient (Wildman–Crippen LogP) is 4.22. The fraction of sp³-hybridized carbons (Fsp3) is 0.235. The molecule has 2 aromatic rings. The van der Waals surface area contributed by atoms with E-state index in [4.69, 9.17) is 4.43 Å². The molecule has 4 heteroatoms. The van der Waals surface area contributed by atoms with Crippen molar-refractivity contribution in [3.8, 4) is 11.1 Å². The van der Waals surface area contributed by atoms with Gasteiger partial charge < -0.3 is 9.63 Å². The maximum absolute atomic E-state index is 9.24. The van der Waals surface area contributed by atoms with E-state index < -0.39 is 13.9 Å². The average Bonchev–Trinajstić information content (AvgIpc) is 2.70. The van der Waals surface area contributed by atoms with Crippen LogP contribution in [-0.4, -0.2) is 19.7 Å². The Kier molecular flexibility index (Phi) is 3.23. The van der Waals surface area contributed by atoms with Gasteiger partial charge in [-0.05, 0) is 30.8 Å². The summed E-state index contributed by atoms with van der Waals surface area (Å²) < 4.78 is 6.51. The molecule has 0 bridgehead atoms. The quantitative estimate of drug-likeness (QED) is 0.399. The van der Waals surface area contributed by atoms with Crippen LogP contribution in [0, 0.1) is 0 Å². The molecule has 0 aromatic heterocycles. The summed E-state index contributed by atoms with van der Waals surface area (Å²) in [6.45, 7) is 6.43. The Hall–Kier alpha value is -1.91. The molecule has 1 aliphatic rings. The van der Waals surface area contributed by atoms with E-state index in [2.05, 4.69) is 49.1 Å². The van der Waals surface area contributed by atoms with Crippen molar-refractivity contribution in [3.05, 3.63) is 59.7 Å². The number of hydrogen-bond donors (Lipinski definition) is 1. The van der Waals surface area contributed by atoms with E-state index in [9.17, 15) is 5.21 Å². The smallest absolute Gasteiger partial charge is 0.185 e. The van der Waals surface area contributed by atoms with Crippen molar-refractivity contribution in [3.63, 3.8) is 0 Å². The van der Waals surface area contributed by atoms with E-state index in [-0.39, 0.29) is 0 Å². The first kappa shape index (κ1) is 14.0. The van der Waals surface area contributed by atoms with Crippen LogP contribution < -0.4 is 0 Å². The summed E-state index contributed by atoms with van der Waals surface area (Å²) in [7, 11) is -1.87. The molecule has 3 rings (SSSR count). The Morgan fingerprint density at radius 2 is 1.43 bits per heavy atom. The highest BCUT2D eigenvalue weighted by Gasteiger charge is 2.45. The molecular weight excluding hydrogens is 278 g/mol. The van der Waals surface area contributed by atoms with Gasteiger partial charge in [0.05, 0.1) is 6.21 Å². The highest BCUT2D eigenvalue weighted by atomic mass is 28.4. The Morgan fingerprint density at radius 3 is 1.86 bits per heavy atom. The van der Waals surface area contributed by atoms with E-state index in [1.165, 1.54) is 6.21 Å². The normalized spacial score (nSPS) is 16.0. The van der Waals surface area contributed by atoms with Gasteiger partial charge in [-0.3, -0.25) is 0 Å². The highest BCUT2D eigenvalue weighted by molar-refractivity contribution is 6.70. The van der Waals surface area contributed by atoms with E-state index in [1.54, 1.807) is 0 Å². The second kappa shape index (κ2) is 4.82. The molecule has 21 heavy (non-hydrogen) atoms. The summed E-state index contributed by atoms with van der Waals surface area (Å²) in [5, 5.41) is 12.6. The van der Waals surface area contributed by atoms with E-state index in [0.29, 0.717) is 0 Å². The molecule has 108 valence electrons. The van der Waals surface area contributed by atoms with Gasteiger partial charge in [-0.25, -0.2) is 0 Å². The number of fused-ring (bicyclic) bond motifs is 3. The Morgan fingerprint density at radius 1 is 0.952 bits per heavy atom. The average molecular weight is 297 g/mol. The van der Waals surface area contributed by atoms with Gasteiger partial charge in [-0.15, -0.1) is 0 Å². The van der Waals surface area contributed by atoms with Crippen LogP contribution in [0.15, 0.2) is 53.7 Å². The zero-order chi connectivity index (χ0) is 15.1. The van der Waals surface area contributed by atoms with Crippen LogP contribution in [0.3, 0.4) is 0 Å². The van der Waals surface area contributed by atoms with Crippen molar-refractivity contribution < 1.29 is 9.63 Å². The molecule has 0 spiro atoms. The van der Waals surface area contributed by atoms with Gasteiger partial charge in [0, 0.05) is 11.1 Å². The minimum absolute atomic E-state index is 0.785. The molecule has 2 aromatic carbocycles. The minimum atomic E-state index is -1.87. The van der Waals surface area contributed by atoms with Crippen molar-refractivity contribution in [1.82, 2.24) is 0 Å². The van der Waals surface area contributed by atoms with Crippen LogP contribution in [0.25, 0.3) is 11.1 Å². The van der Waals surface area contributed by atoms with Crippen molar-refractivity contribution in [2.75, 3.05) is 0 Å². The predicted molar refractivity (Wildman–Crippen MR) is 87.4 cm³/mol. The third-order valence-electron chi connectivity index (χ3n) is 3.65. The lowest BCUT2D eigenvalue weighted by molar-refractivity contribution is 0.181. The molecule has 0 saturated carbocycles. The molecule has 0 saturated heterocycles. The van der Waals surface area contributed by atoms with Crippen LogP contribution in [-0.2, 0) is 10.0 Å². The van der Waals surface area contributed by atoms with E-state index in [0.717, 1.165) is 22.3 Å². The lowest BCUT2D eigenvalue weighted by atomic mass is 9.93. The zero-order valence-electron chi connectivity index (χ0n) is 12.5. The van der Waals surface area contributed by atoms with Crippen LogP contribution in [0.4, 0.5) is 0 Å². The third kappa shape index (κ3) is 2.20. The summed E-state index contributed by atoms with van der Waals surface area (Å²) in [4.78, 5) is 0. The SMILES string of the molecule is C[Si](C)(C)OC1(C=NO)c2ccccc2-c2ccccc21. The number of rotatable bonds is 3.